The molecule has 0 N–H and O–H groups in total. The molecule has 6 nitrogen and oxygen atoms in total. The molecule has 2 aliphatic heterocycles. The summed E-state index contributed by atoms with van der Waals surface area (Å²) in [6.07, 6.45) is 11.9. The number of hydrogen-bond donors (Lipinski definition) is 0. The van der Waals surface area contributed by atoms with Crippen molar-refractivity contribution in [2.24, 2.45) is 5.92 Å². The quantitative estimate of drug-likeness (QED) is 0.714. The minimum atomic E-state index is 0.235. The van der Waals surface area contributed by atoms with Gasteiger partial charge in [0.05, 0.1) is 12.2 Å². The lowest BCUT2D eigenvalue weighted by Crippen LogP contribution is -2.43. The predicted octanol–water partition coefficient (Wildman–Crippen LogP) is 4.42. The van der Waals surface area contributed by atoms with Gasteiger partial charge < -0.3 is 9.80 Å². The van der Waals surface area contributed by atoms with E-state index in [9.17, 15) is 4.79 Å². The molecule has 2 aromatic rings. The van der Waals surface area contributed by atoms with E-state index in [1.807, 2.05) is 18.3 Å². The maximum atomic E-state index is 13.2. The Balaban J connectivity index is 1.36. The second-order valence-corrected chi connectivity index (χ2v) is 9.77. The minimum Gasteiger partial charge on any atom is -0.350 e. The second-order valence-electron chi connectivity index (χ2n) is 9.77. The summed E-state index contributed by atoms with van der Waals surface area (Å²) in [5.74, 6) is 2.86. The zero-order valence-corrected chi connectivity index (χ0v) is 19.3. The molecule has 1 atom stereocenters. The molecule has 1 aliphatic carbocycles. The predicted molar refractivity (Wildman–Crippen MR) is 126 cm³/mol. The van der Waals surface area contributed by atoms with Crippen molar-refractivity contribution in [3.63, 3.8) is 0 Å². The summed E-state index contributed by atoms with van der Waals surface area (Å²) in [6, 6.07) is 6.09. The van der Waals surface area contributed by atoms with Crippen molar-refractivity contribution in [1.82, 2.24) is 19.9 Å². The van der Waals surface area contributed by atoms with Crippen LogP contribution in [0.4, 0.5) is 5.82 Å². The number of anilines is 1. The highest BCUT2D eigenvalue weighted by molar-refractivity contribution is 5.79. The van der Waals surface area contributed by atoms with E-state index in [-0.39, 0.29) is 11.8 Å². The lowest BCUT2D eigenvalue weighted by Gasteiger charge is -2.36. The van der Waals surface area contributed by atoms with Gasteiger partial charge in [0.1, 0.15) is 11.6 Å². The third-order valence-electron chi connectivity index (χ3n) is 7.50. The maximum Gasteiger partial charge on any atom is 0.225 e. The molecular formula is C26H35N5O. The van der Waals surface area contributed by atoms with Gasteiger partial charge in [-0.15, -0.1) is 0 Å². The number of piperidine rings is 1. The van der Waals surface area contributed by atoms with Crippen molar-refractivity contribution in [3.05, 3.63) is 47.2 Å². The lowest BCUT2D eigenvalue weighted by molar-refractivity contribution is -0.137. The van der Waals surface area contributed by atoms with Gasteiger partial charge in [-0.25, -0.2) is 9.97 Å². The molecule has 6 heteroatoms. The van der Waals surface area contributed by atoms with Gasteiger partial charge in [0.25, 0.3) is 0 Å². The summed E-state index contributed by atoms with van der Waals surface area (Å²) in [4.78, 5) is 32.3. The van der Waals surface area contributed by atoms with Gasteiger partial charge in [-0.2, -0.15) is 0 Å². The number of rotatable bonds is 4. The first-order chi connectivity index (χ1) is 15.7. The SMILES string of the molecule is Cc1nc([C@H]2CCCN(C(=O)C3CCCCC3)C2)nc2c1CCCN2Cc1ccccn1. The summed E-state index contributed by atoms with van der Waals surface area (Å²) in [5.41, 5.74) is 3.45. The van der Waals surface area contributed by atoms with E-state index in [0.29, 0.717) is 5.91 Å². The number of carbonyl (C=O) groups is 1. The molecule has 0 radical (unpaired) electrons. The molecule has 1 amide bonds. The molecular weight excluding hydrogens is 398 g/mol. The molecule has 1 saturated carbocycles. The number of aromatic nitrogens is 3. The van der Waals surface area contributed by atoms with E-state index in [1.165, 1.54) is 24.8 Å². The van der Waals surface area contributed by atoms with Gasteiger partial charge in [0.15, 0.2) is 0 Å². The maximum absolute atomic E-state index is 13.2. The van der Waals surface area contributed by atoms with E-state index in [2.05, 4.69) is 27.8 Å². The molecule has 2 aromatic heterocycles. The van der Waals surface area contributed by atoms with Crippen LogP contribution in [-0.2, 0) is 17.8 Å². The number of carbonyl (C=O) groups excluding carboxylic acids is 1. The number of amides is 1. The number of nitrogens with zero attached hydrogens (tertiary/aromatic N) is 5. The molecule has 0 unspecified atom stereocenters. The lowest BCUT2D eigenvalue weighted by atomic mass is 9.87. The van der Waals surface area contributed by atoms with Crippen molar-refractivity contribution in [3.8, 4) is 0 Å². The zero-order chi connectivity index (χ0) is 21.9. The Labute approximate surface area is 191 Å². The summed E-state index contributed by atoms with van der Waals surface area (Å²) >= 11 is 0. The van der Waals surface area contributed by atoms with Crippen LogP contribution in [0.3, 0.4) is 0 Å². The highest BCUT2D eigenvalue weighted by Gasteiger charge is 2.32. The summed E-state index contributed by atoms with van der Waals surface area (Å²) in [6.45, 7) is 5.56. The fourth-order valence-corrected chi connectivity index (χ4v) is 5.73. The molecule has 1 saturated heterocycles. The topological polar surface area (TPSA) is 62.2 Å². The van der Waals surface area contributed by atoms with Gasteiger partial charge in [-0.05, 0) is 57.6 Å². The van der Waals surface area contributed by atoms with Crippen LogP contribution in [-0.4, -0.2) is 45.4 Å². The Bertz CT molecular complexity index is 941. The number of likely N-dealkylation sites (tertiary alicyclic amines) is 1. The zero-order valence-electron chi connectivity index (χ0n) is 19.3. The van der Waals surface area contributed by atoms with Crippen LogP contribution < -0.4 is 4.90 Å². The van der Waals surface area contributed by atoms with Gasteiger partial charge in [0.2, 0.25) is 5.91 Å². The molecule has 5 rings (SSSR count). The Morgan fingerprint density at radius 2 is 1.91 bits per heavy atom. The van der Waals surface area contributed by atoms with Crippen LogP contribution in [0.25, 0.3) is 0 Å². The van der Waals surface area contributed by atoms with Gasteiger partial charge in [-0.3, -0.25) is 9.78 Å². The smallest absolute Gasteiger partial charge is 0.225 e. The van der Waals surface area contributed by atoms with Crippen molar-refractivity contribution < 1.29 is 4.79 Å². The van der Waals surface area contributed by atoms with E-state index >= 15 is 0 Å². The van der Waals surface area contributed by atoms with Gasteiger partial charge >= 0.3 is 0 Å². The summed E-state index contributed by atoms with van der Waals surface area (Å²) in [7, 11) is 0. The van der Waals surface area contributed by atoms with Crippen LogP contribution in [0.15, 0.2) is 24.4 Å². The third kappa shape index (κ3) is 4.50. The first-order valence-corrected chi connectivity index (χ1v) is 12.5. The Hall–Kier alpha value is -2.50. The summed E-state index contributed by atoms with van der Waals surface area (Å²) in [5, 5.41) is 0. The third-order valence-corrected chi connectivity index (χ3v) is 7.50. The minimum absolute atomic E-state index is 0.235. The Morgan fingerprint density at radius 1 is 1.03 bits per heavy atom. The molecule has 3 aliphatic rings. The number of aryl methyl sites for hydroxylation is 1. The average Bonchev–Trinajstić information content (AvgIpc) is 2.85. The van der Waals surface area contributed by atoms with E-state index in [4.69, 9.17) is 9.97 Å². The normalized spacial score (nSPS) is 22.0. The van der Waals surface area contributed by atoms with Crippen molar-refractivity contribution >= 4 is 11.7 Å². The number of pyridine rings is 1. The Morgan fingerprint density at radius 3 is 2.72 bits per heavy atom. The summed E-state index contributed by atoms with van der Waals surface area (Å²) < 4.78 is 0. The first kappa shape index (κ1) is 21.4. The molecule has 0 spiro atoms. The highest BCUT2D eigenvalue weighted by atomic mass is 16.2. The largest absolute Gasteiger partial charge is 0.350 e. The average molecular weight is 434 g/mol. The van der Waals surface area contributed by atoms with E-state index in [1.54, 1.807) is 0 Å². The standard InChI is InChI=1S/C26H35N5O/c1-19-23-13-8-15-30(18-22-12-5-6-14-27-22)25(23)29-24(28-19)21-11-7-16-31(17-21)26(32)20-9-3-2-4-10-20/h5-6,12,14,20-21H,2-4,7-11,13,15-18H2,1H3/t21-/m0/s1. The molecule has 32 heavy (non-hydrogen) atoms. The Kier molecular flexibility index (Phi) is 6.37. The molecule has 0 aromatic carbocycles. The molecule has 2 fully saturated rings. The number of fused-ring (bicyclic) bond motifs is 1. The van der Waals surface area contributed by atoms with E-state index < -0.39 is 0 Å². The van der Waals surface area contributed by atoms with Crippen LogP contribution in [0, 0.1) is 12.8 Å². The molecule has 170 valence electrons. The van der Waals surface area contributed by atoms with Gasteiger partial charge in [0, 0.05) is 48.9 Å². The molecule has 4 heterocycles. The van der Waals surface area contributed by atoms with Crippen LogP contribution >= 0.6 is 0 Å². The van der Waals surface area contributed by atoms with Gasteiger partial charge in [-0.1, -0.05) is 25.3 Å². The van der Waals surface area contributed by atoms with Crippen LogP contribution in [0.2, 0.25) is 0 Å². The molecule has 0 bridgehead atoms. The monoisotopic (exact) mass is 433 g/mol. The van der Waals surface area contributed by atoms with Crippen molar-refractivity contribution in [2.75, 3.05) is 24.5 Å². The number of hydrogen-bond acceptors (Lipinski definition) is 5. The van der Waals surface area contributed by atoms with E-state index in [0.717, 1.165) is 87.7 Å². The fourth-order valence-electron chi connectivity index (χ4n) is 5.73. The van der Waals surface area contributed by atoms with Crippen LogP contribution in [0.5, 0.6) is 0 Å². The van der Waals surface area contributed by atoms with Crippen molar-refractivity contribution in [1.29, 1.82) is 0 Å². The van der Waals surface area contributed by atoms with Crippen molar-refractivity contribution in [2.45, 2.75) is 77.2 Å². The second kappa shape index (κ2) is 9.55. The van der Waals surface area contributed by atoms with Crippen LogP contribution in [0.1, 0.15) is 80.1 Å². The fraction of sp³-hybridized carbons (Fsp3) is 0.615. The first-order valence-electron chi connectivity index (χ1n) is 12.5. The highest BCUT2D eigenvalue weighted by Crippen LogP contribution is 2.33.